The van der Waals surface area contributed by atoms with Gasteiger partial charge in [-0.05, 0) is 30.2 Å². The molecule has 0 bridgehead atoms. The molecule has 1 amide bonds. The highest BCUT2D eigenvalue weighted by molar-refractivity contribution is 7.99. The van der Waals surface area contributed by atoms with Crippen LogP contribution in [0.15, 0.2) is 41.4 Å². The predicted octanol–water partition coefficient (Wildman–Crippen LogP) is 1.43. The molecular weight excluding hydrogens is 374 g/mol. The van der Waals surface area contributed by atoms with Gasteiger partial charge in [-0.3, -0.25) is 4.79 Å². The van der Waals surface area contributed by atoms with E-state index >= 15 is 0 Å². The fraction of sp³-hybridized carbons (Fsp3) is 0.353. The highest BCUT2D eigenvalue weighted by Gasteiger charge is 2.27. The Bertz CT molecular complexity index is 874. The van der Waals surface area contributed by atoms with E-state index < -0.39 is 10.0 Å². The Labute approximate surface area is 156 Å². The van der Waals surface area contributed by atoms with Gasteiger partial charge >= 0.3 is 0 Å². The summed E-state index contributed by atoms with van der Waals surface area (Å²) in [6.45, 7) is 1.36. The summed E-state index contributed by atoms with van der Waals surface area (Å²) in [4.78, 5) is 15.1. The number of carbonyl (C=O) groups is 1. The molecule has 7 nitrogen and oxygen atoms in total. The smallest absolute Gasteiger partial charge is 0.267 e. The van der Waals surface area contributed by atoms with Crippen LogP contribution in [0.25, 0.3) is 0 Å². The van der Waals surface area contributed by atoms with E-state index in [-0.39, 0.29) is 22.2 Å². The number of thioether (sulfide) groups is 1. The van der Waals surface area contributed by atoms with Gasteiger partial charge in [0, 0.05) is 37.3 Å². The number of amides is 1. The van der Waals surface area contributed by atoms with Gasteiger partial charge in [0.05, 0.1) is 0 Å². The fourth-order valence-electron chi connectivity index (χ4n) is 2.72. The zero-order valence-corrected chi connectivity index (χ0v) is 15.8. The van der Waals surface area contributed by atoms with Crippen LogP contribution < -0.4 is 5.32 Å². The zero-order chi connectivity index (χ0) is 18.6. The minimum absolute atomic E-state index is 0.113. The van der Waals surface area contributed by atoms with Crippen LogP contribution in [-0.2, 0) is 16.4 Å². The van der Waals surface area contributed by atoms with Crippen LogP contribution in [-0.4, -0.2) is 59.9 Å². The molecule has 0 aliphatic carbocycles. The Morgan fingerprint density at radius 3 is 2.77 bits per heavy atom. The van der Waals surface area contributed by atoms with Crippen LogP contribution in [0.4, 0.5) is 0 Å². The van der Waals surface area contributed by atoms with Gasteiger partial charge in [-0.25, -0.2) is 8.42 Å². The first kappa shape index (κ1) is 18.8. The molecule has 0 unspecified atom stereocenters. The highest BCUT2D eigenvalue weighted by Crippen LogP contribution is 2.20. The van der Waals surface area contributed by atoms with Crippen LogP contribution in [0.2, 0.25) is 0 Å². The lowest BCUT2D eigenvalue weighted by molar-refractivity contribution is 0.0949. The van der Waals surface area contributed by atoms with Gasteiger partial charge in [0.1, 0.15) is 16.3 Å². The molecular formula is C17H21N3O4S2. The van der Waals surface area contributed by atoms with Crippen molar-refractivity contribution < 1.29 is 18.3 Å². The number of benzene rings is 1. The van der Waals surface area contributed by atoms with E-state index in [1.165, 1.54) is 16.6 Å². The summed E-state index contributed by atoms with van der Waals surface area (Å²) in [5.74, 6) is 1.39. The summed E-state index contributed by atoms with van der Waals surface area (Å²) < 4.78 is 26.6. The molecule has 3 N–H and O–H groups in total. The Hall–Kier alpha value is -1.97. The van der Waals surface area contributed by atoms with E-state index in [0.717, 1.165) is 17.1 Å². The number of hydrogen-bond acceptors (Lipinski definition) is 5. The number of rotatable bonds is 6. The van der Waals surface area contributed by atoms with E-state index in [2.05, 4.69) is 10.3 Å². The molecule has 3 rings (SSSR count). The molecule has 2 heterocycles. The number of nitrogens with one attached hydrogen (secondary N) is 2. The maximum absolute atomic E-state index is 12.6. The van der Waals surface area contributed by atoms with E-state index in [1.807, 2.05) is 6.07 Å². The maximum atomic E-state index is 12.6. The van der Waals surface area contributed by atoms with Crippen molar-refractivity contribution >= 4 is 27.7 Å². The van der Waals surface area contributed by atoms with Gasteiger partial charge in [-0.2, -0.15) is 16.1 Å². The molecule has 1 fully saturated rings. The van der Waals surface area contributed by atoms with Crippen molar-refractivity contribution in [3.05, 3.63) is 47.8 Å². The molecule has 1 saturated heterocycles. The highest BCUT2D eigenvalue weighted by atomic mass is 32.2. The molecule has 1 aliphatic rings. The van der Waals surface area contributed by atoms with Crippen LogP contribution >= 0.6 is 11.8 Å². The first-order valence-electron chi connectivity index (χ1n) is 8.29. The summed E-state index contributed by atoms with van der Waals surface area (Å²) in [6.07, 6.45) is 1.93. The second-order valence-corrected chi connectivity index (χ2v) is 9.10. The van der Waals surface area contributed by atoms with Crippen molar-refractivity contribution in [3.63, 3.8) is 0 Å². The molecule has 140 valence electrons. The fourth-order valence-corrected chi connectivity index (χ4v) is 5.29. The summed E-state index contributed by atoms with van der Waals surface area (Å²) in [5, 5.41) is 12.2. The summed E-state index contributed by atoms with van der Waals surface area (Å²) in [6, 6.07) is 8.21. The molecule has 1 aliphatic heterocycles. The number of sulfonamides is 1. The second-order valence-electron chi connectivity index (χ2n) is 5.94. The largest absolute Gasteiger partial charge is 0.508 e. The quantitative estimate of drug-likeness (QED) is 0.687. The van der Waals surface area contributed by atoms with Crippen LogP contribution in [0, 0.1) is 0 Å². The molecule has 26 heavy (non-hydrogen) atoms. The number of nitrogens with zero attached hydrogens (tertiary/aromatic N) is 1. The zero-order valence-electron chi connectivity index (χ0n) is 14.1. The average molecular weight is 396 g/mol. The van der Waals surface area contributed by atoms with Crippen LogP contribution in [0.1, 0.15) is 16.1 Å². The standard InChI is InChI=1S/C17H21N3O4S2/c21-14-3-1-2-13(10-14)4-5-18-17(22)16-11-15(12-19-16)26(23,24)20-6-8-25-9-7-20/h1-3,10-12,19,21H,4-9H2,(H,18,22). The average Bonchev–Trinajstić information content (AvgIpc) is 3.13. The Morgan fingerprint density at radius 2 is 2.04 bits per heavy atom. The number of H-pyrrole nitrogens is 1. The van der Waals surface area contributed by atoms with Gasteiger partial charge in [-0.1, -0.05) is 12.1 Å². The lowest BCUT2D eigenvalue weighted by atomic mass is 10.1. The normalized spacial score (nSPS) is 15.7. The number of carbonyl (C=O) groups excluding carboxylic acids is 1. The van der Waals surface area contributed by atoms with E-state index in [1.54, 1.807) is 30.0 Å². The first-order chi connectivity index (χ1) is 12.5. The van der Waals surface area contributed by atoms with E-state index in [4.69, 9.17) is 0 Å². The number of aromatic nitrogens is 1. The second kappa shape index (κ2) is 8.15. The molecule has 0 saturated carbocycles. The molecule has 1 aromatic heterocycles. The van der Waals surface area contributed by atoms with Gasteiger partial charge in [0.2, 0.25) is 10.0 Å². The molecule has 0 spiro atoms. The van der Waals surface area contributed by atoms with Crippen molar-refractivity contribution in [2.24, 2.45) is 0 Å². The third-order valence-electron chi connectivity index (χ3n) is 4.12. The van der Waals surface area contributed by atoms with E-state index in [9.17, 15) is 18.3 Å². The van der Waals surface area contributed by atoms with Crippen LogP contribution in [0.5, 0.6) is 5.75 Å². The summed E-state index contributed by atoms with van der Waals surface area (Å²) in [7, 11) is -3.56. The van der Waals surface area contributed by atoms with Gasteiger partial charge in [0.15, 0.2) is 0 Å². The SMILES string of the molecule is O=C(NCCc1cccc(O)c1)c1cc(S(=O)(=O)N2CCSCC2)c[nH]1. The van der Waals surface area contributed by atoms with Crippen LogP contribution in [0.3, 0.4) is 0 Å². The number of phenols is 1. The third kappa shape index (κ3) is 4.40. The number of phenolic OH excluding ortho intramolecular Hbond substituents is 1. The van der Waals surface area contributed by atoms with Crippen molar-refractivity contribution in [2.45, 2.75) is 11.3 Å². The summed E-state index contributed by atoms with van der Waals surface area (Å²) >= 11 is 1.73. The van der Waals surface area contributed by atoms with Crippen molar-refractivity contribution in [1.82, 2.24) is 14.6 Å². The lowest BCUT2D eigenvalue weighted by Gasteiger charge is -2.24. The maximum Gasteiger partial charge on any atom is 0.267 e. The van der Waals surface area contributed by atoms with Gasteiger partial charge in [-0.15, -0.1) is 0 Å². The van der Waals surface area contributed by atoms with E-state index in [0.29, 0.717) is 26.1 Å². The first-order valence-corrected chi connectivity index (χ1v) is 10.9. The monoisotopic (exact) mass is 395 g/mol. The third-order valence-corrected chi connectivity index (χ3v) is 6.94. The number of hydrogen-bond donors (Lipinski definition) is 3. The number of aromatic amines is 1. The van der Waals surface area contributed by atoms with Crippen molar-refractivity contribution in [3.8, 4) is 5.75 Å². The summed E-state index contributed by atoms with van der Waals surface area (Å²) in [5.41, 5.74) is 1.12. The Kier molecular flexibility index (Phi) is 5.90. The van der Waals surface area contributed by atoms with Crippen molar-refractivity contribution in [2.75, 3.05) is 31.1 Å². The van der Waals surface area contributed by atoms with Crippen molar-refractivity contribution in [1.29, 1.82) is 0 Å². The Morgan fingerprint density at radius 1 is 1.27 bits per heavy atom. The predicted molar refractivity (Wildman–Crippen MR) is 101 cm³/mol. The minimum Gasteiger partial charge on any atom is -0.508 e. The molecule has 1 aromatic carbocycles. The molecule has 0 radical (unpaired) electrons. The molecule has 2 aromatic rings. The Balaban J connectivity index is 1.59. The van der Waals surface area contributed by atoms with Gasteiger partial charge < -0.3 is 15.4 Å². The topological polar surface area (TPSA) is 102 Å². The lowest BCUT2D eigenvalue weighted by Crippen LogP contribution is -2.37. The number of aromatic hydroxyl groups is 1. The minimum atomic E-state index is -3.56. The van der Waals surface area contributed by atoms with Gasteiger partial charge in [0.25, 0.3) is 5.91 Å². The molecule has 0 atom stereocenters. The molecule has 9 heteroatoms.